The molecule has 4 heterocycles. The highest BCUT2D eigenvalue weighted by Gasteiger charge is 2.53. The van der Waals surface area contributed by atoms with Crippen molar-refractivity contribution in [3.05, 3.63) is 65.9 Å². The van der Waals surface area contributed by atoms with Gasteiger partial charge in [-0.05, 0) is 70.6 Å². The maximum absolute atomic E-state index is 13.5. The molecule has 3 aliphatic heterocycles. The number of hydrogen-bond acceptors (Lipinski definition) is 3. The Balaban J connectivity index is 1.20. The number of aromatic nitrogens is 1. The van der Waals surface area contributed by atoms with E-state index in [1.165, 1.54) is 16.5 Å². The predicted octanol–water partition coefficient (Wildman–Crippen LogP) is 7.05. The molecule has 0 spiro atoms. The van der Waals surface area contributed by atoms with E-state index in [4.69, 9.17) is 21.1 Å². The molecule has 0 N–H and O–H groups in total. The summed E-state index contributed by atoms with van der Waals surface area (Å²) in [6.07, 6.45) is 7.51. The molecule has 208 valence electrons. The van der Waals surface area contributed by atoms with Crippen LogP contribution in [0.2, 0.25) is 0 Å². The van der Waals surface area contributed by atoms with Crippen LogP contribution in [-0.4, -0.2) is 45.0 Å². The molecular weight excluding hydrogens is 508 g/mol. The first-order valence-electron chi connectivity index (χ1n) is 14.5. The van der Waals surface area contributed by atoms with Gasteiger partial charge < -0.3 is 18.9 Å². The Hall–Kier alpha value is -2.50. The number of carbonyl (C=O) groups is 1. The quantitative estimate of drug-likeness (QED) is 0.310. The highest BCUT2D eigenvalue weighted by molar-refractivity contribution is 6.23. The number of benzene rings is 2. The van der Waals surface area contributed by atoms with E-state index in [1.54, 1.807) is 0 Å². The number of carbonyl (C=O) groups excluding carboxylic acids is 1. The van der Waals surface area contributed by atoms with Gasteiger partial charge in [0.25, 0.3) is 0 Å². The molecule has 3 aliphatic rings. The molecule has 5 atom stereocenters. The van der Waals surface area contributed by atoms with E-state index in [2.05, 4.69) is 66.8 Å². The minimum Gasteiger partial charge on any atom is -0.487 e. The average Bonchev–Trinajstić information content (AvgIpc) is 3.22. The topological polar surface area (TPSA) is 43.7 Å². The van der Waals surface area contributed by atoms with Gasteiger partial charge in [0, 0.05) is 59.5 Å². The lowest BCUT2D eigenvalue weighted by Crippen LogP contribution is -2.57. The molecule has 1 amide bonds. The zero-order chi connectivity index (χ0) is 27.4. The number of hydrogen-bond donors (Lipinski definition) is 0. The molecule has 2 aromatic carbocycles. The van der Waals surface area contributed by atoms with Crippen LogP contribution in [0.25, 0.3) is 10.9 Å². The van der Waals surface area contributed by atoms with E-state index < -0.39 is 0 Å². The summed E-state index contributed by atoms with van der Waals surface area (Å²) in [6, 6.07) is 16.7. The van der Waals surface area contributed by atoms with Crippen LogP contribution in [0.3, 0.4) is 0 Å². The van der Waals surface area contributed by atoms with Crippen molar-refractivity contribution in [3.63, 3.8) is 0 Å². The highest BCUT2D eigenvalue weighted by atomic mass is 35.5. The Morgan fingerprint density at radius 1 is 1.15 bits per heavy atom. The van der Waals surface area contributed by atoms with Crippen LogP contribution in [-0.2, 0) is 23.0 Å². The van der Waals surface area contributed by atoms with E-state index in [9.17, 15) is 4.79 Å². The second-order valence-electron chi connectivity index (χ2n) is 12.8. The minimum atomic E-state index is -0.332. The van der Waals surface area contributed by atoms with E-state index in [0.717, 1.165) is 56.5 Å². The maximum Gasteiger partial charge on any atom is 0.227 e. The normalized spacial score (nSPS) is 28.4. The van der Waals surface area contributed by atoms with Crippen molar-refractivity contribution in [1.82, 2.24) is 9.47 Å². The number of likely N-dealkylation sites (tertiary alicyclic amines) is 1. The molecule has 6 rings (SSSR count). The number of halogens is 1. The first kappa shape index (κ1) is 26.7. The fourth-order valence-corrected chi connectivity index (χ4v) is 7.44. The number of alkyl halides is 1. The average molecular weight is 549 g/mol. The van der Waals surface area contributed by atoms with Crippen molar-refractivity contribution < 1.29 is 14.3 Å². The van der Waals surface area contributed by atoms with Gasteiger partial charge in [-0.3, -0.25) is 4.79 Å². The second kappa shape index (κ2) is 10.2. The van der Waals surface area contributed by atoms with Crippen molar-refractivity contribution in [3.8, 4) is 5.75 Å². The summed E-state index contributed by atoms with van der Waals surface area (Å²) in [5.74, 6) is 1.71. The summed E-state index contributed by atoms with van der Waals surface area (Å²) in [4.78, 5) is 15.4. The van der Waals surface area contributed by atoms with Crippen LogP contribution in [0.1, 0.15) is 70.1 Å². The van der Waals surface area contributed by atoms with Crippen molar-refractivity contribution in [2.24, 2.45) is 18.9 Å². The van der Waals surface area contributed by atoms with Gasteiger partial charge in [0.2, 0.25) is 5.91 Å². The summed E-state index contributed by atoms with van der Waals surface area (Å²) in [6.45, 7) is 7.93. The van der Waals surface area contributed by atoms with Gasteiger partial charge in [-0.2, -0.15) is 0 Å². The van der Waals surface area contributed by atoms with Gasteiger partial charge in [0.05, 0.1) is 18.6 Å². The molecule has 0 bridgehead atoms. The molecule has 0 unspecified atom stereocenters. The fraction of sp³-hybridized carbons (Fsp3) is 0.545. The largest absolute Gasteiger partial charge is 0.487 e. The van der Waals surface area contributed by atoms with Gasteiger partial charge in [0.1, 0.15) is 11.4 Å². The molecule has 0 aliphatic carbocycles. The third kappa shape index (κ3) is 5.20. The van der Waals surface area contributed by atoms with E-state index in [-0.39, 0.29) is 34.5 Å². The highest BCUT2D eigenvalue weighted by Crippen LogP contribution is 2.54. The van der Waals surface area contributed by atoms with Gasteiger partial charge in [-0.1, -0.05) is 36.4 Å². The molecule has 3 aromatic rings. The second-order valence-corrected chi connectivity index (χ2v) is 13.8. The molecule has 5 nitrogen and oxygen atoms in total. The van der Waals surface area contributed by atoms with Crippen LogP contribution < -0.4 is 4.74 Å². The lowest BCUT2D eigenvalue weighted by molar-refractivity contribution is -0.193. The Morgan fingerprint density at radius 2 is 1.92 bits per heavy atom. The van der Waals surface area contributed by atoms with E-state index >= 15 is 0 Å². The van der Waals surface area contributed by atoms with Gasteiger partial charge >= 0.3 is 0 Å². The smallest absolute Gasteiger partial charge is 0.227 e. The third-order valence-electron chi connectivity index (χ3n) is 9.38. The molecule has 6 heteroatoms. The molecule has 1 aromatic heterocycles. The molecule has 2 fully saturated rings. The molecule has 0 saturated carbocycles. The van der Waals surface area contributed by atoms with Crippen LogP contribution >= 0.6 is 11.6 Å². The number of aryl methyl sites for hydroxylation is 1. The van der Waals surface area contributed by atoms with Gasteiger partial charge in [-0.25, -0.2) is 0 Å². The van der Waals surface area contributed by atoms with Crippen molar-refractivity contribution in [2.75, 3.05) is 13.1 Å². The Labute approximate surface area is 237 Å². The minimum absolute atomic E-state index is 0.0307. The standard InChI is InChI=1S/C33H41ClN2O3/c1-32(2,34)15-9-16-33(3)26-18-23-21-36(30(37)19-22-20-35(4)27-12-7-5-10-24(22)27)17-14-28(23)38-31(26)25-11-6-8-13-29(25)39-33/h5-8,10-13,20,23,26,28,31H,9,14-19,21H2,1-4H3/t23-,26-,28-,31+,33+/m0/s1. The Kier molecular flexibility index (Phi) is 6.96. The van der Waals surface area contributed by atoms with Gasteiger partial charge in [-0.15, -0.1) is 11.6 Å². The van der Waals surface area contributed by atoms with Crippen molar-refractivity contribution >= 4 is 28.4 Å². The fourth-order valence-electron chi connectivity index (χ4n) is 7.31. The van der Waals surface area contributed by atoms with Crippen molar-refractivity contribution in [1.29, 1.82) is 0 Å². The summed E-state index contributed by atoms with van der Waals surface area (Å²) in [5.41, 5.74) is 3.11. The van der Waals surface area contributed by atoms with Crippen LogP contribution in [0, 0.1) is 11.8 Å². The summed E-state index contributed by atoms with van der Waals surface area (Å²) < 4.78 is 15.8. The molecule has 39 heavy (non-hydrogen) atoms. The lowest BCUT2D eigenvalue weighted by Gasteiger charge is -2.54. The van der Waals surface area contributed by atoms with Crippen LogP contribution in [0.5, 0.6) is 5.75 Å². The number of fused-ring (bicyclic) bond motifs is 5. The maximum atomic E-state index is 13.5. The van der Waals surface area contributed by atoms with E-state index in [1.807, 2.05) is 25.2 Å². The molecule has 0 radical (unpaired) electrons. The van der Waals surface area contributed by atoms with Crippen molar-refractivity contribution in [2.45, 2.75) is 82.0 Å². The number of nitrogens with zero attached hydrogens (tertiary/aromatic N) is 2. The Bertz CT molecular complexity index is 1360. The third-order valence-corrected chi connectivity index (χ3v) is 9.57. The zero-order valence-electron chi connectivity index (χ0n) is 23.7. The Morgan fingerprint density at radius 3 is 2.74 bits per heavy atom. The zero-order valence-corrected chi connectivity index (χ0v) is 24.4. The first-order valence-corrected chi connectivity index (χ1v) is 14.9. The molecular formula is C33H41ClN2O3. The number of piperidine rings is 1. The van der Waals surface area contributed by atoms with Crippen LogP contribution in [0.15, 0.2) is 54.7 Å². The monoisotopic (exact) mass is 548 g/mol. The predicted molar refractivity (Wildman–Crippen MR) is 156 cm³/mol. The van der Waals surface area contributed by atoms with Gasteiger partial charge in [0.15, 0.2) is 0 Å². The number of ether oxygens (including phenoxy) is 2. The van der Waals surface area contributed by atoms with Crippen LogP contribution in [0.4, 0.5) is 0 Å². The summed E-state index contributed by atoms with van der Waals surface area (Å²) in [5, 5.41) is 1.17. The lowest BCUT2D eigenvalue weighted by atomic mass is 9.68. The SMILES string of the molecule is Cn1cc(CC(=O)N2CC[C@@H]3O[C@@H]4c5ccccc5O[C@](C)(CCCC(C)(C)Cl)[C@H]4C[C@H]3C2)c2ccccc21. The first-order chi connectivity index (χ1) is 18.6. The number of rotatable bonds is 6. The number of para-hydroxylation sites is 2. The summed E-state index contributed by atoms with van der Waals surface area (Å²) in [7, 11) is 2.05. The van der Waals surface area contributed by atoms with E-state index in [0.29, 0.717) is 12.3 Å². The summed E-state index contributed by atoms with van der Waals surface area (Å²) >= 11 is 6.54. The molecule has 2 saturated heterocycles. The number of amides is 1.